The van der Waals surface area contributed by atoms with Gasteiger partial charge in [-0.2, -0.15) is 0 Å². The fourth-order valence-electron chi connectivity index (χ4n) is 2.71. The molecule has 2 aromatic heterocycles. The van der Waals surface area contributed by atoms with E-state index in [9.17, 15) is 4.79 Å². The Morgan fingerprint density at radius 3 is 2.88 bits per heavy atom. The molecule has 0 radical (unpaired) electrons. The third-order valence-corrected chi connectivity index (χ3v) is 3.86. The molecule has 1 unspecified atom stereocenters. The van der Waals surface area contributed by atoms with Crippen molar-refractivity contribution in [1.29, 1.82) is 0 Å². The van der Waals surface area contributed by atoms with Crippen LogP contribution in [0.3, 0.4) is 0 Å². The van der Waals surface area contributed by atoms with Gasteiger partial charge in [0.15, 0.2) is 11.5 Å². The first kappa shape index (κ1) is 16.2. The molecule has 0 N–H and O–H groups in total. The second kappa shape index (κ2) is 6.86. The van der Waals surface area contributed by atoms with E-state index < -0.39 is 0 Å². The van der Waals surface area contributed by atoms with Gasteiger partial charge >= 0.3 is 0 Å². The van der Waals surface area contributed by atoms with Gasteiger partial charge in [-0.3, -0.25) is 4.79 Å². The van der Waals surface area contributed by atoms with Crippen LogP contribution in [0.1, 0.15) is 29.1 Å². The number of piperidine rings is 1. The monoisotopic (exact) mass is 331 g/mol. The first-order valence-corrected chi connectivity index (χ1v) is 7.92. The molecule has 8 heteroatoms. The predicted octanol–water partition coefficient (Wildman–Crippen LogP) is 1.52. The Hall–Kier alpha value is -2.64. The predicted molar refractivity (Wildman–Crippen MR) is 87.2 cm³/mol. The highest BCUT2D eigenvalue weighted by molar-refractivity contribution is 5.92. The number of likely N-dealkylation sites (tertiary alicyclic amines) is 1. The van der Waals surface area contributed by atoms with Gasteiger partial charge < -0.3 is 19.1 Å². The van der Waals surface area contributed by atoms with E-state index in [1.165, 1.54) is 0 Å². The van der Waals surface area contributed by atoms with Crippen LogP contribution in [-0.2, 0) is 0 Å². The van der Waals surface area contributed by atoms with Crippen molar-refractivity contribution < 1.29 is 14.1 Å². The lowest BCUT2D eigenvalue weighted by molar-refractivity contribution is 0.0519. The Kier molecular flexibility index (Phi) is 4.64. The number of nitrogens with zero attached hydrogens (tertiary/aromatic N) is 5. The minimum Gasteiger partial charge on any atom is -0.470 e. The number of carbonyl (C=O) groups is 1. The molecule has 8 nitrogen and oxygen atoms in total. The Balaban J connectivity index is 1.69. The first-order chi connectivity index (χ1) is 11.5. The van der Waals surface area contributed by atoms with E-state index in [2.05, 4.69) is 15.1 Å². The van der Waals surface area contributed by atoms with Gasteiger partial charge in [0.2, 0.25) is 0 Å². The Morgan fingerprint density at radius 2 is 2.17 bits per heavy atom. The van der Waals surface area contributed by atoms with E-state index in [-0.39, 0.29) is 12.0 Å². The smallest absolute Gasteiger partial charge is 0.276 e. The van der Waals surface area contributed by atoms with Crippen LogP contribution in [0, 0.1) is 6.92 Å². The molecule has 0 bridgehead atoms. The highest BCUT2D eigenvalue weighted by Crippen LogP contribution is 2.24. The van der Waals surface area contributed by atoms with Gasteiger partial charge in [-0.25, -0.2) is 9.97 Å². The lowest BCUT2D eigenvalue weighted by atomic mass is 10.1. The molecule has 1 aliphatic heterocycles. The summed E-state index contributed by atoms with van der Waals surface area (Å²) in [5.74, 6) is 1.65. The topological polar surface area (TPSA) is 84.6 Å². The number of aryl methyl sites for hydroxylation is 1. The van der Waals surface area contributed by atoms with Crippen LogP contribution in [-0.4, -0.2) is 59.2 Å². The Labute approximate surface area is 140 Å². The molecule has 0 aliphatic carbocycles. The molecule has 24 heavy (non-hydrogen) atoms. The lowest BCUT2D eigenvalue weighted by Gasteiger charge is -2.32. The van der Waals surface area contributed by atoms with E-state index in [4.69, 9.17) is 9.26 Å². The van der Waals surface area contributed by atoms with Crippen molar-refractivity contribution in [2.45, 2.75) is 25.9 Å². The normalized spacial score (nSPS) is 17.6. The zero-order chi connectivity index (χ0) is 17.1. The van der Waals surface area contributed by atoms with Crippen molar-refractivity contribution in [2.75, 3.05) is 32.1 Å². The number of hydrogen-bond donors (Lipinski definition) is 0. The average molecular weight is 331 g/mol. The number of ether oxygens (including phenoxy) is 1. The molecule has 1 saturated heterocycles. The van der Waals surface area contributed by atoms with Crippen LogP contribution in [0.25, 0.3) is 0 Å². The van der Waals surface area contributed by atoms with Crippen molar-refractivity contribution in [3.63, 3.8) is 0 Å². The van der Waals surface area contributed by atoms with Gasteiger partial charge in [-0.15, -0.1) is 0 Å². The maximum atomic E-state index is 12.5. The summed E-state index contributed by atoms with van der Waals surface area (Å²) in [7, 11) is 3.78. The van der Waals surface area contributed by atoms with Crippen LogP contribution in [0.5, 0.6) is 5.88 Å². The summed E-state index contributed by atoms with van der Waals surface area (Å²) in [5, 5.41) is 3.80. The van der Waals surface area contributed by atoms with Gasteiger partial charge in [0.05, 0.1) is 6.54 Å². The number of anilines is 1. The van der Waals surface area contributed by atoms with Crippen molar-refractivity contribution in [3.05, 3.63) is 29.9 Å². The molecule has 2 aromatic rings. The quantitative estimate of drug-likeness (QED) is 0.840. The summed E-state index contributed by atoms with van der Waals surface area (Å²) in [6.45, 7) is 2.95. The number of hydrogen-bond acceptors (Lipinski definition) is 7. The summed E-state index contributed by atoms with van der Waals surface area (Å²) in [6, 6.07) is 1.65. The molecule has 1 atom stereocenters. The minimum atomic E-state index is -0.132. The molecule has 0 saturated carbocycles. The second-order valence-electron chi connectivity index (χ2n) is 6.04. The molecule has 0 spiro atoms. The van der Waals surface area contributed by atoms with Crippen LogP contribution in [0.4, 0.5) is 5.82 Å². The fourth-order valence-corrected chi connectivity index (χ4v) is 2.71. The maximum absolute atomic E-state index is 12.5. The first-order valence-electron chi connectivity index (χ1n) is 7.92. The molecule has 3 rings (SSSR count). The van der Waals surface area contributed by atoms with E-state index in [1.54, 1.807) is 30.3 Å². The summed E-state index contributed by atoms with van der Waals surface area (Å²) in [5.41, 5.74) is 0.335. The zero-order valence-corrected chi connectivity index (χ0v) is 14.1. The summed E-state index contributed by atoms with van der Waals surface area (Å²) in [4.78, 5) is 24.7. The van der Waals surface area contributed by atoms with Gasteiger partial charge in [0, 0.05) is 39.1 Å². The van der Waals surface area contributed by atoms with Crippen molar-refractivity contribution in [3.8, 4) is 5.88 Å². The van der Waals surface area contributed by atoms with E-state index in [0.717, 1.165) is 12.8 Å². The highest BCUT2D eigenvalue weighted by atomic mass is 16.5. The number of aromatic nitrogens is 3. The Morgan fingerprint density at radius 1 is 1.38 bits per heavy atom. The third-order valence-electron chi connectivity index (χ3n) is 3.86. The van der Waals surface area contributed by atoms with Gasteiger partial charge in [-0.1, -0.05) is 5.16 Å². The minimum absolute atomic E-state index is 0.119. The second-order valence-corrected chi connectivity index (χ2v) is 6.04. The zero-order valence-electron chi connectivity index (χ0n) is 14.1. The van der Waals surface area contributed by atoms with E-state index in [0.29, 0.717) is 36.2 Å². The van der Waals surface area contributed by atoms with Crippen molar-refractivity contribution in [2.24, 2.45) is 0 Å². The molecule has 128 valence electrons. The SMILES string of the molecule is Cc1cc(C(=O)N2CCCC(Oc3nccnc3N(C)C)C2)no1. The molecular weight excluding hydrogens is 310 g/mol. The summed E-state index contributed by atoms with van der Waals surface area (Å²) < 4.78 is 11.0. The number of carbonyl (C=O) groups excluding carboxylic acids is 1. The van der Waals surface area contributed by atoms with Crippen LogP contribution >= 0.6 is 0 Å². The third kappa shape index (κ3) is 3.47. The summed E-state index contributed by atoms with van der Waals surface area (Å²) >= 11 is 0. The van der Waals surface area contributed by atoms with Crippen LogP contribution in [0.2, 0.25) is 0 Å². The van der Waals surface area contributed by atoms with Crippen molar-refractivity contribution >= 4 is 11.7 Å². The molecule has 0 aromatic carbocycles. The van der Waals surface area contributed by atoms with Gasteiger partial charge in [0.1, 0.15) is 11.9 Å². The van der Waals surface area contributed by atoms with Gasteiger partial charge in [-0.05, 0) is 19.8 Å². The fraction of sp³-hybridized carbons (Fsp3) is 0.500. The van der Waals surface area contributed by atoms with Gasteiger partial charge in [0.25, 0.3) is 11.8 Å². The molecular formula is C16H21N5O3. The maximum Gasteiger partial charge on any atom is 0.276 e. The molecule has 1 aliphatic rings. The standard InChI is InChI=1S/C16H21N5O3/c1-11-9-13(19-24-11)16(22)21-8-4-5-12(10-21)23-15-14(20(2)3)17-6-7-18-15/h6-7,9,12H,4-5,8,10H2,1-3H3. The lowest BCUT2D eigenvalue weighted by Crippen LogP contribution is -2.44. The highest BCUT2D eigenvalue weighted by Gasteiger charge is 2.28. The van der Waals surface area contributed by atoms with E-state index >= 15 is 0 Å². The Bertz CT molecular complexity index is 715. The molecule has 3 heterocycles. The van der Waals surface area contributed by atoms with Crippen LogP contribution in [0.15, 0.2) is 23.0 Å². The number of rotatable bonds is 4. The molecule has 1 amide bonds. The number of amides is 1. The van der Waals surface area contributed by atoms with E-state index in [1.807, 2.05) is 19.0 Å². The van der Waals surface area contributed by atoms with Crippen LogP contribution < -0.4 is 9.64 Å². The average Bonchev–Trinajstić information content (AvgIpc) is 3.01. The van der Waals surface area contributed by atoms with Crippen molar-refractivity contribution in [1.82, 2.24) is 20.0 Å². The largest absolute Gasteiger partial charge is 0.470 e. The molecule has 1 fully saturated rings. The summed E-state index contributed by atoms with van der Waals surface area (Å²) in [6.07, 6.45) is 4.85.